The number of pyridine rings is 1. The third-order valence-corrected chi connectivity index (χ3v) is 6.89. The fraction of sp³-hybridized carbons (Fsp3) is 0.296. The molecule has 4 rings (SSSR count). The van der Waals surface area contributed by atoms with Crippen LogP contribution in [0.5, 0.6) is 5.88 Å². The first-order valence-electron chi connectivity index (χ1n) is 12.2. The van der Waals surface area contributed by atoms with Gasteiger partial charge in [-0.2, -0.15) is 4.98 Å². The molecular weight excluding hydrogens is 560 g/mol. The average Bonchev–Trinajstić information content (AvgIpc) is 3.16. The third-order valence-electron chi connectivity index (χ3n) is 6.31. The summed E-state index contributed by atoms with van der Waals surface area (Å²) in [5.74, 6) is -0.861. The molecular formula is C27H28Cl2FN7O3. The lowest BCUT2D eigenvalue weighted by molar-refractivity contribution is -0.114. The third kappa shape index (κ3) is 5.26. The molecule has 13 heteroatoms. The summed E-state index contributed by atoms with van der Waals surface area (Å²) in [5, 5.41) is -0.176. The van der Waals surface area contributed by atoms with Crippen molar-refractivity contribution in [1.82, 2.24) is 14.5 Å². The molecule has 0 aliphatic carbocycles. The smallest absolute Gasteiger partial charge is 0.275 e. The zero-order chi connectivity index (χ0) is 29.5. The van der Waals surface area contributed by atoms with Crippen LogP contribution >= 0.6 is 23.2 Å². The summed E-state index contributed by atoms with van der Waals surface area (Å²) in [6.07, 6.45) is 2.98. The molecule has 210 valence electrons. The van der Waals surface area contributed by atoms with Crippen molar-refractivity contribution in [2.45, 2.75) is 19.9 Å². The van der Waals surface area contributed by atoms with E-state index in [2.05, 4.69) is 9.97 Å². The van der Waals surface area contributed by atoms with Crippen LogP contribution in [0.25, 0.3) is 0 Å². The van der Waals surface area contributed by atoms with Crippen LogP contribution in [0.1, 0.15) is 25.5 Å². The largest absolute Gasteiger partial charge is 0.479 e. The molecule has 40 heavy (non-hydrogen) atoms. The number of ether oxygens (including phenoxy) is 1. The summed E-state index contributed by atoms with van der Waals surface area (Å²) >= 11 is 12.2. The highest BCUT2D eigenvalue weighted by Gasteiger charge is 2.43. The number of nitrogens with zero attached hydrogens (tertiary/aromatic N) is 6. The van der Waals surface area contributed by atoms with Crippen LogP contribution in [0.2, 0.25) is 10.0 Å². The molecule has 2 aromatic heterocycles. The number of carbonyl (C=O) groups excluding carboxylic acids is 1. The quantitative estimate of drug-likeness (QED) is 0.406. The molecule has 1 aliphatic heterocycles. The first kappa shape index (κ1) is 29.0. The number of hydrogen-bond acceptors (Lipinski definition) is 8. The molecule has 3 heterocycles. The van der Waals surface area contributed by atoms with E-state index in [9.17, 15) is 14.0 Å². The fourth-order valence-corrected chi connectivity index (χ4v) is 4.75. The number of hydrogen-bond donors (Lipinski definition) is 1. The monoisotopic (exact) mass is 587 g/mol. The van der Waals surface area contributed by atoms with Crippen LogP contribution in [0.15, 0.2) is 57.7 Å². The summed E-state index contributed by atoms with van der Waals surface area (Å²) < 4.78 is 21.5. The summed E-state index contributed by atoms with van der Waals surface area (Å²) in [6.45, 7) is 3.77. The van der Waals surface area contributed by atoms with E-state index in [4.69, 9.17) is 38.7 Å². The zero-order valence-corrected chi connectivity index (χ0v) is 24.2. The number of aliphatic imine (C=N–C) groups is 1. The Balaban J connectivity index is 1.98. The van der Waals surface area contributed by atoms with Crippen molar-refractivity contribution < 1.29 is 13.9 Å². The number of carbonyl (C=O) groups is 1. The van der Waals surface area contributed by atoms with Crippen LogP contribution in [-0.2, 0) is 11.8 Å². The number of aryl methyl sites for hydroxylation is 1. The van der Waals surface area contributed by atoms with E-state index >= 15 is 0 Å². The molecule has 1 aliphatic rings. The maximum atomic E-state index is 14.8. The molecule has 1 atom stereocenters. The number of benzene rings is 1. The Labute approximate surface area is 240 Å². The molecule has 3 aromatic rings. The first-order valence-corrected chi connectivity index (χ1v) is 12.9. The average molecular weight is 588 g/mol. The van der Waals surface area contributed by atoms with Crippen molar-refractivity contribution in [3.63, 3.8) is 0 Å². The number of amides is 1. The summed E-state index contributed by atoms with van der Waals surface area (Å²) in [4.78, 5) is 42.7. The maximum Gasteiger partial charge on any atom is 0.275 e. The Kier molecular flexibility index (Phi) is 8.18. The molecule has 1 amide bonds. The number of anilines is 2. The maximum absolute atomic E-state index is 14.8. The second-order valence-electron chi connectivity index (χ2n) is 9.65. The van der Waals surface area contributed by atoms with Gasteiger partial charge >= 0.3 is 0 Å². The minimum atomic E-state index is -0.929. The van der Waals surface area contributed by atoms with Gasteiger partial charge in [0.1, 0.15) is 22.2 Å². The van der Waals surface area contributed by atoms with E-state index in [1.165, 1.54) is 54.2 Å². The van der Waals surface area contributed by atoms with Gasteiger partial charge in [-0.3, -0.25) is 14.5 Å². The van der Waals surface area contributed by atoms with Gasteiger partial charge in [-0.25, -0.2) is 14.4 Å². The van der Waals surface area contributed by atoms with Gasteiger partial charge in [0.05, 0.1) is 35.8 Å². The van der Waals surface area contributed by atoms with Gasteiger partial charge in [-0.15, -0.1) is 0 Å². The van der Waals surface area contributed by atoms with Gasteiger partial charge in [0.15, 0.2) is 0 Å². The van der Waals surface area contributed by atoms with Crippen LogP contribution < -0.4 is 25.8 Å². The second-order valence-corrected chi connectivity index (χ2v) is 10.5. The number of methoxy groups -OCH3 is 1. The van der Waals surface area contributed by atoms with Gasteiger partial charge < -0.3 is 19.9 Å². The minimum absolute atomic E-state index is 0.0797. The molecule has 10 nitrogen and oxygen atoms in total. The number of aromatic nitrogens is 3. The molecule has 2 N–H and O–H groups in total. The highest BCUT2D eigenvalue weighted by atomic mass is 35.5. The topological polar surface area (TPSA) is 119 Å². The van der Waals surface area contributed by atoms with Crippen LogP contribution in [0.3, 0.4) is 0 Å². The predicted molar refractivity (Wildman–Crippen MR) is 154 cm³/mol. The van der Waals surface area contributed by atoms with Crippen LogP contribution in [0.4, 0.5) is 21.7 Å². The lowest BCUT2D eigenvalue weighted by Crippen LogP contribution is -2.33. The van der Waals surface area contributed by atoms with Crippen molar-refractivity contribution in [3.8, 4) is 5.88 Å². The molecule has 0 spiro atoms. The standard InChI is InChI=1S/C27H28Cl2FN7O3/c1-13(2)22(33-19-11-32-27(35(3)4)34-24(19)40-6)20-21(31)26(39)37(15-10-17(29)25(38)36(5)12-15)23(20)14-7-8-16(28)18(30)9-14/h7-13,23H,31H2,1-6H3. The number of rotatable bonds is 7. The zero-order valence-electron chi connectivity index (χ0n) is 22.7. The Hall–Kier alpha value is -3.96. The van der Waals surface area contributed by atoms with Crippen LogP contribution in [-0.4, -0.2) is 47.4 Å². The molecule has 0 fully saturated rings. The molecule has 0 radical (unpaired) electrons. The Bertz CT molecular complexity index is 1590. The van der Waals surface area contributed by atoms with E-state index in [1.807, 2.05) is 13.8 Å². The predicted octanol–water partition coefficient (Wildman–Crippen LogP) is 4.43. The van der Waals surface area contributed by atoms with Gasteiger partial charge in [-0.05, 0) is 29.7 Å². The Morgan fingerprint density at radius 1 is 1.20 bits per heavy atom. The van der Waals surface area contributed by atoms with Gasteiger partial charge in [0, 0.05) is 32.9 Å². The number of nitrogens with two attached hydrogens (primary N) is 1. The highest BCUT2D eigenvalue weighted by Crippen LogP contribution is 2.43. The van der Waals surface area contributed by atoms with Crippen molar-refractivity contribution >= 4 is 52.1 Å². The summed E-state index contributed by atoms with van der Waals surface area (Å²) in [6, 6.07) is 4.69. The van der Waals surface area contributed by atoms with Gasteiger partial charge in [0.25, 0.3) is 11.5 Å². The molecule has 1 unspecified atom stereocenters. The van der Waals surface area contributed by atoms with Crippen molar-refractivity contribution in [1.29, 1.82) is 0 Å². The lowest BCUT2D eigenvalue weighted by atomic mass is 9.90. The fourth-order valence-electron chi connectivity index (χ4n) is 4.39. The van der Waals surface area contributed by atoms with Crippen LogP contribution in [0, 0.1) is 11.7 Å². The van der Waals surface area contributed by atoms with E-state index in [-0.39, 0.29) is 33.2 Å². The SMILES string of the molecule is COc1nc(N(C)C)ncc1N=C(C1=C(N)C(=O)N(c2cc(Cl)c(=O)n(C)c2)C1c1ccc(Cl)c(F)c1)C(C)C. The summed E-state index contributed by atoms with van der Waals surface area (Å²) in [5.41, 5.74) is 7.73. The van der Waals surface area contributed by atoms with Crippen molar-refractivity contribution in [3.05, 3.63) is 79.7 Å². The molecule has 1 aromatic carbocycles. The van der Waals surface area contributed by atoms with Crippen molar-refractivity contribution in [2.24, 2.45) is 23.7 Å². The number of halogens is 3. The Morgan fingerprint density at radius 2 is 1.90 bits per heavy atom. The molecule has 0 saturated carbocycles. The highest BCUT2D eigenvalue weighted by molar-refractivity contribution is 6.31. The van der Waals surface area contributed by atoms with E-state index in [1.54, 1.807) is 25.1 Å². The van der Waals surface area contributed by atoms with Gasteiger partial charge in [-0.1, -0.05) is 43.1 Å². The van der Waals surface area contributed by atoms with E-state index in [0.29, 0.717) is 28.5 Å². The molecule has 0 saturated heterocycles. The normalized spacial score (nSPS) is 15.8. The summed E-state index contributed by atoms with van der Waals surface area (Å²) in [7, 11) is 6.57. The Morgan fingerprint density at radius 3 is 2.48 bits per heavy atom. The first-order chi connectivity index (χ1) is 18.8. The van der Waals surface area contributed by atoms with Crippen molar-refractivity contribution in [2.75, 3.05) is 31.0 Å². The van der Waals surface area contributed by atoms with E-state index in [0.717, 1.165) is 0 Å². The lowest BCUT2D eigenvalue weighted by Gasteiger charge is -2.29. The second kappa shape index (κ2) is 11.3. The minimum Gasteiger partial charge on any atom is -0.479 e. The van der Waals surface area contributed by atoms with E-state index < -0.39 is 23.3 Å². The van der Waals surface area contributed by atoms with Gasteiger partial charge in [0.2, 0.25) is 11.8 Å². The molecule has 0 bridgehead atoms.